The SMILES string of the molecule is Cl.[O]=[Ge][O-]. The molecule has 0 aliphatic rings. The molecule has 0 aromatic heterocycles. The Hall–Kier alpha value is 0.433. The van der Waals surface area contributed by atoms with E-state index in [1.807, 2.05) is 0 Å². The monoisotopic (exact) mass is 142 g/mol. The van der Waals surface area contributed by atoms with Gasteiger partial charge in [0.2, 0.25) is 0 Å². The summed E-state index contributed by atoms with van der Waals surface area (Å²) in [5.74, 6) is 0. The van der Waals surface area contributed by atoms with Gasteiger partial charge in [0.15, 0.2) is 0 Å². The first-order valence-electron chi connectivity index (χ1n) is 0.408. The van der Waals surface area contributed by atoms with Gasteiger partial charge in [-0.1, -0.05) is 0 Å². The van der Waals surface area contributed by atoms with E-state index in [-0.39, 0.29) is 12.4 Å². The van der Waals surface area contributed by atoms with Crippen LogP contribution in [0.2, 0.25) is 0 Å². The van der Waals surface area contributed by atoms with Gasteiger partial charge in [-0.15, -0.1) is 12.4 Å². The molecule has 0 aliphatic heterocycles. The maximum atomic E-state index is 8.50. The predicted molar refractivity (Wildman–Crippen MR) is 13.7 cm³/mol. The number of hydrogen-bond donors (Lipinski definition) is 0. The van der Waals surface area contributed by atoms with Gasteiger partial charge in [-0.2, -0.15) is 0 Å². The van der Waals surface area contributed by atoms with Gasteiger partial charge in [0.05, 0.1) is 0 Å². The summed E-state index contributed by atoms with van der Waals surface area (Å²) in [6.45, 7) is 0. The van der Waals surface area contributed by atoms with Crippen LogP contribution in [-0.2, 0) is 3.78 Å². The number of halogens is 1. The van der Waals surface area contributed by atoms with E-state index in [1.165, 1.54) is 0 Å². The summed E-state index contributed by atoms with van der Waals surface area (Å²) in [5, 5.41) is 0. The van der Waals surface area contributed by atoms with Crippen molar-refractivity contribution in [2.45, 2.75) is 0 Å². The van der Waals surface area contributed by atoms with Gasteiger partial charge in [0.25, 0.3) is 0 Å². The van der Waals surface area contributed by atoms with Crippen LogP contribution in [0, 0.1) is 0 Å². The average Bonchev–Trinajstić information content (AvgIpc) is 0.918. The first kappa shape index (κ1) is 8.83. The molecule has 1 radical (unpaired) electrons. The molecular weight excluding hydrogens is 140 g/mol. The summed E-state index contributed by atoms with van der Waals surface area (Å²) >= 11 is -2.00. The molecule has 0 aromatic rings. The van der Waals surface area contributed by atoms with Crippen molar-refractivity contribution >= 4 is 28.1 Å². The normalized spacial score (nSPS) is 3.00. The predicted octanol–water partition coefficient (Wildman–Crippen LogP) is -1.27. The van der Waals surface area contributed by atoms with E-state index in [0.29, 0.717) is 0 Å². The second-order valence-corrected chi connectivity index (χ2v) is 0.433. The van der Waals surface area contributed by atoms with Crippen molar-refractivity contribution in [2.75, 3.05) is 0 Å². The molecule has 0 atom stereocenters. The molecule has 0 aromatic carbocycles. The minimum atomic E-state index is -2.00. The third kappa shape index (κ3) is 26.7. The fourth-order valence-corrected chi connectivity index (χ4v) is 0. The topological polar surface area (TPSA) is 40.1 Å². The maximum absolute atomic E-state index is 8.50. The Morgan fingerprint density at radius 3 is 1.75 bits per heavy atom. The molecule has 0 unspecified atom stereocenters. The van der Waals surface area contributed by atoms with E-state index < -0.39 is 15.7 Å². The molecule has 0 bridgehead atoms. The van der Waals surface area contributed by atoms with Crippen LogP contribution < -0.4 is 4.13 Å². The van der Waals surface area contributed by atoms with Crippen molar-refractivity contribution in [3.8, 4) is 0 Å². The molecule has 0 rings (SSSR count). The quantitative estimate of drug-likeness (QED) is 0.395. The van der Waals surface area contributed by atoms with Crippen LogP contribution in [0.4, 0.5) is 0 Å². The van der Waals surface area contributed by atoms with Crippen molar-refractivity contribution < 1.29 is 7.91 Å². The zero-order chi connectivity index (χ0) is 2.71. The molecule has 0 amide bonds. The molecule has 4 heavy (non-hydrogen) atoms. The fraction of sp³-hybridized carbons (Fsp3) is 0. The average molecular weight is 141 g/mol. The molecule has 0 saturated carbocycles. The van der Waals surface area contributed by atoms with Crippen molar-refractivity contribution in [1.82, 2.24) is 0 Å². The van der Waals surface area contributed by atoms with Crippen LogP contribution in [0.1, 0.15) is 0 Å². The number of hydrogen-bond acceptors (Lipinski definition) is 2. The van der Waals surface area contributed by atoms with E-state index >= 15 is 0 Å². The van der Waals surface area contributed by atoms with Gasteiger partial charge < -0.3 is 0 Å². The Balaban J connectivity index is 0. The zero-order valence-electron chi connectivity index (χ0n) is 1.72. The van der Waals surface area contributed by atoms with Gasteiger partial charge >= 0.3 is 23.6 Å². The van der Waals surface area contributed by atoms with Crippen LogP contribution >= 0.6 is 12.4 Å². The zero-order valence-corrected chi connectivity index (χ0v) is 4.64. The summed E-state index contributed by atoms with van der Waals surface area (Å²) in [6.07, 6.45) is 0. The summed E-state index contributed by atoms with van der Waals surface area (Å²) in [7, 11) is 0. The standard InChI is InChI=1S/ClH.GeO2/c;2-1-3/h1H;/q;-1. The Morgan fingerprint density at radius 2 is 1.75 bits per heavy atom. The molecule has 0 spiro atoms. The molecule has 0 N–H and O–H groups in total. The van der Waals surface area contributed by atoms with Gasteiger partial charge in [0, 0.05) is 0 Å². The molecule has 25 valence electrons. The van der Waals surface area contributed by atoms with E-state index in [4.69, 9.17) is 7.91 Å². The molecule has 0 aliphatic carbocycles. The van der Waals surface area contributed by atoms with Crippen LogP contribution in [0.15, 0.2) is 0 Å². The first-order valence-corrected chi connectivity index (χ1v) is 2.12. The first-order chi connectivity index (χ1) is 1.41. The van der Waals surface area contributed by atoms with Gasteiger partial charge in [-0.3, -0.25) is 0 Å². The van der Waals surface area contributed by atoms with Crippen molar-refractivity contribution in [2.24, 2.45) is 0 Å². The van der Waals surface area contributed by atoms with Gasteiger partial charge in [-0.25, -0.2) is 0 Å². The van der Waals surface area contributed by atoms with Gasteiger partial charge in [-0.05, 0) is 0 Å². The van der Waals surface area contributed by atoms with Crippen LogP contribution in [0.25, 0.3) is 0 Å². The molecule has 4 heteroatoms. The second kappa shape index (κ2) is 9.90. The molecular formula is HClGeO2-. The Labute approximate surface area is 36.6 Å². The van der Waals surface area contributed by atoms with E-state index in [2.05, 4.69) is 0 Å². The summed E-state index contributed by atoms with van der Waals surface area (Å²) in [5.41, 5.74) is 0. The molecule has 2 nitrogen and oxygen atoms in total. The van der Waals surface area contributed by atoms with Crippen molar-refractivity contribution in [3.63, 3.8) is 0 Å². The van der Waals surface area contributed by atoms with Crippen LogP contribution in [0.3, 0.4) is 0 Å². The van der Waals surface area contributed by atoms with Crippen LogP contribution in [-0.4, -0.2) is 15.7 Å². The van der Waals surface area contributed by atoms with E-state index in [0.717, 1.165) is 0 Å². The molecule has 0 fully saturated rings. The van der Waals surface area contributed by atoms with E-state index in [1.54, 1.807) is 0 Å². The third-order valence-corrected chi connectivity index (χ3v) is 0. The Bertz CT molecular complexity index is 13.5. The third-order valence-electron chi connectivity index (χ3n) is 0. The number of rotatable bonds is 0. The van der Waals surface area contributed by atoms with Crippen LogP contribution in [0.5, 0.6) is 0 Å². The van der Waals surface area contributed by atoms with E-state index in [9.17, 15) is 0 Å². The fourth-order valence-electron chi connectivity index (χ4n) is 0. The van der Waals surface area contributed by atoms with Crippen molar-refractivity contribution in [3.05, 3.63) is 0 Å². The van der Waals surface area contributed by atoms with Crippen molar-refractivity contribution in [1.29, 1.82) is 0 Å². The minimum absolute atomic E-state index is 0. The summed E-state index contributed by atoms with van der Waals surface area (Å²) in [4.78, 5) is 0. The van der Waals surface area contributed by atoms with Gasteiger partial charge in [0.1, 0.15) is 0 Å². The summed E-state index contributed by atoms with van der Waals surface area (Å²) in [6, 6.07) is 0. The Kier molecular flexibility index (Phi) is 21.8. The summed E-state index contributed by atoms with van der Waals surface area (Å²) < 4.78 is 17.0. The Morgan fingerprint density at radius 1 is 1.75 bits per heavy atom. The second-order valence-electron chi connectivity index (χ2n) is 0.0833. The molecule has 0 heterocycles. The molecule has 0 saturated heterocycles.